The summed E-state index contributed by atoms with van der Waals surface area (Å²) in [6.07, 6.45) is -4.40. The minimum atomic E-state index is -4.79. The summed E-state index contributed by atoms with van der Waals surface area (Å²) in [6, 6.07) is 3.84. The van der Waals surface area contributed by atoms with E-state index >= 15 is 0 Å². The number of carbonyl (C=O) groups excluding carboxylic acids is 2. The van der Waals surface area contributed by atoms with Crippen molar-refractivity contribution in [1.82, 2.24) is 0 Å². The van der Waals surface area contributed by atoms with Crippen LogP contribution in [0.4, 0.5) is 18.9 Å². The fourth-order valence-corrected chi connectivity index (χ4v) is 4.86. The Hall–Kier alpha value is -2.44. The normalized spacial score (nSPS) is 37.7. The van der Waals surface area contributed by atoms with Crippen molar-refractivity contribution in [1.29, 1.82) is 5.26 Å². The maximum absolute atomic E-state index is 13.3. The lowest BCUT2D eigenvalue weighted by Gasteiger charge is -2.32. The fourth-order valence-electron chi connectivity index (χ4n) is 4.86. The molecule has 2 bridgehead atoms. The monoisotopic (exact) mass is 379 g/mol. The van der Waals surface area contributed by atoms with E-state index < -0.39 is 58.2 Å². The summed E-state index contributed by atoms with van der Waals surface area (Å²) >= 11 is 0. The zero-order chi connectivity index (χ0) is 19.9. The fraction of sp³-hybridized carbons (Fsp3) is 0.500. The number of anilines is 1. The van der Waals surface area contributed by atoms with Crippen molar-refractivity contribution in [2.75, 3.05) is 4.90 Å². The first-order chi connectivity index (χ1) is 12.4. The third-order valence-electron chi connectivity index (χ3n) is 6.08. The van der Waals surface area contributed by atoms with Crippen LogP contribution in [0.15, 0.2) is 18.2 Å². The molecular weight excluding hydrogens is 363 g/mol. The lowest BCUT2D eigenvalue weighted by Crippen LogP contribution is -2.53. The highest BCUT2D eigenvalue weighted by Crippen LogP contribution is 2.60. The van der Waals surface area contributed by atoms with Crippen molar-refractivity contribution >= 4 is 17.5 Å². The van der Waals surface area contributed by atoms with Crippen LogP contribution in [0.2, 0.25) is 0 Å². The first-order valence-electron chi connectivity index (χ1n) is 8.39. The predicted octanol–water partition coefficient (Wildman–Crippen LogP) is 1.96. The Labute approximate surface area is 152 Å². The van der Waals surface area contributed by atoms with Crippen LogP contribution in [-0.2, 0) is 20.5 Å². The molecular formula is C18H16F3N3O3. The van der Waals surface area contributed by atoms with Gasteiger partial charge in [-0.1, -0.05) is 0 Å². The average Bonchev–Trinajstić information content (AvgIpc) is 3.07. The van der Waals surface area contributed by atoms with Gasteiger partial charge in [0.15, 0.2) is 0 Å². The molecule has 2 amide bonds. The maximum atomic E-state index is 13.3. The molecule has 1 aromatic carbocycles. The molecule has 142 valence electrons. The summed E-state index contributed by atoms with van der Waals surface area (Å²) < 4.78 is 45.7. The molecule has 0 spiro atoms. The average molecular weight is 379 g/mol. The molecule has 3 fully saturated rings. The van der Waals surface area contributed by atoms with Gasteiger partial charge in [-0.15, -0.1) is 0 Å². The van der Waals surface area contributed by atoms with Crippen LogP contribution in [0, 0.1) is 23.2 Å². The van der Waals surface area contributed by atoms with Gasteiger partial charge in [-0.05, 0) is 38.5 Å². The van der Waals surface area contributed by atoms with Gasteiger partial charge in [0, 0.05) is 6.04 Å². The van der Waals surface area contributed by atoms with Crippen molar-refractivity contribution in [3.8, 4) is 6.07 Å². The molecule has 3 heterocycles. The number of rotatable bonds is 1. The number of ether oxygens (including phenoxy) is 1. The Morgan fingerprint density at radius 1 is 1.26 bits per heavy atom. The molecule has 27 heavy (non-hydrogen) atoms. The molecule has 5 atom stereocenters. The molecule has 0 saturated carbocycles. The third kappa shape index (κ3) is 2.14. The number of nitrogens with two attached hydrogens (primary N) is 1. The number of imide groups is 1. The number of benzene rings is 1. The topological polar surface area (TPSA) is 96.4 Å². The van der Waals surface area contributed by atoms with E-state index in [-0.39, 0.29) is 5.69 Å². The number of carbonyl (C=O) groups is 2. The van der Waals surface area contributed by atoms with Crippen molar-refractivity contribution in [3.63, 3.8) is 0 Å². The predicted molar refractivity (Wildman–Crippen MR) is 86.1 cm³/mol. The zero-order valence-corrected chi connectivity index (χ0v) is 14.5. The van der Waals surface area contributed by atoms with E-state index in [2.05, 4.69) is 0 Å². The second kappa shape index (κ2) is 5.09. The summed E-state index contributed by atoms with van der Waals surface area (Å²) in [5, 5.41) is 8.92. The molecule has 0 aromatic heterocycles. The number of halogens is 3. The molecule has 3 saturated heterocycles. The largest absolute Gasteiger partial charge is 0.417 e. The highest BCUT2D eigenvalue weighted by atomic mass is 19.4. The minimum Gasteiger partial charge on any atom is -0.366 e. The van der Waals surface area contributed by atoms with Crippen LogP contribution in [0.3, 0.4) is 0 Å². The van der Waals surface area contributed by atoms with Crippen molar-refractivity contribution in [3.05, 3.63) is 29.3 Å². The molecule has 0 aliphatic carbocycles. The van der Waals surface area contributed by atoms with Crippen LogP contribution in [0.25, 0.3) is 0 Å². The van der Waals surface area contributed by atoms with Gasteiger partial charge in [-0.2, -0.15) is 18.4 Å². The van der Waals surface area contributed by atoms with Gasteiger partial charge in [-0.25, -0.2) is 4.90 Å². The Morgan fingerprint density at radius 3 is 2.48 bits per heavy atom. The summed E-state index contributed by atoms with van der Waals surface area (Å²) in [4.78, 5) is 26.8. The lowest BCUT2D eigenvalue weighted by molar-refractivity contribution is -0.138. The Bertz CT molecular complexity index is 925. The van der Waals surface area contributed by atoms with E-state index in [0.717, 1.165) is 11.0 Å². The third-order valence-corrected chi connectivity index (χ3v) is 6.08. The molecule has 4 rings (SSSR count). The number of hydrogen-bond donors (Lipinski definition) is 1. The highest BCUT2D eigenvalue weighted by Gasteiger charge is 2.75. The van der Waals surface area contributed by atoms with Crippen molar-refractivity contribution in [2.45, 2.75) is 43.7 Å². The standard InChI is InChI=1S/C18H16F3N3O3/c1-16-6-11(23)17(2,27-16)13-12(16)14(25)24(15(13)26)9-4-3-8(7-22)10(5-9)18(19,20)21/h3-5,11-13H,6,23H2,1-2H3/t11-,12+,13-,16+,17-/m0/s1. The summed E-state index contributed by atoms with van der Waals surface area (Å²) in [5.74, 6) is -2.85. The second-order valence-electron chi connectivity index (χ2n) is 7.72. The number of amides is 2. The molecule has 3 aliphatic rings. The maximum Gasteiger partial charge on any atom is 0.417 e. The van der Waals surface area contributed by atoms with Gasteiger partial charge in [0.2, 0.25) is 11.8 Å². The van der Waals surface area contributed by atoms with Crippen LogP contribution in [0.5, 0.6) is 0 Å². The number of hydrogen-bond acceptors (Lipinski definition) is 5. The van der Waals surface area contributed by atoms with Gasteiger partial charge < -0.3 is 10.5 Å². The van der Waals surface area contributed by atoms with Crippen LogP contribution in [-0.4, -0.2) is 29.1 Å². The number of alkyl halides is 3. The first-order valence-corrected chi connectivity index (χ1v) is 8.39. The van der Waals surface area contributed by atoms with Crippen LogP contribution < -0.4 is 10.6 Å². The summed E-state index contributed by atoms with van der Waals surface area (Å²) in [5.41, 5.74) is 2.18. The Kier molecular flexibility index (Phi) is 3.38. The van der Waals surface area contributed by atoms with Gasteiger partial charge in [-0.3, -0.25) is 9.59 Å². The molecule has 9 heteroatoms. The van der Waals surface area contributed by atoms with E-state index in [1.807, 2.05) is 0 Å². The van der Waals surface area contributed by atoms with E-state index in [4.69, 9.17) is 15.7 Å². The van der Waals surface area contributed by atoms with Crippen molar-refractivity contribution < 1.29 is 27.5 Å². The van der Waals surface area contributed by atoms with Crippen LogP contribution >= 0.6 is 0 Å². The molecule has 1 aromatic rings. The second-order valence-corrected chi connectivity index (χ2v) is 7.72. The lowest BCUT2D eigenvalue weighted by atomic mass is 9.67. The molecule has 2 N–H and O–H groups in total. The number of fused-ring (bicyclic) bond motifs is 5. The van der Waals surface area contributed by atoms with E-state index in [9.17, 15) is 22.8 Å². The number of nitriles is 1. The van der Waals surface area contributed by atoms with Gasteiger partial charge in [0.05, 0.1) is 45.9 Å². The molecule has 6 nitrogen and oxygen atoms in total. The van der Waals surface area contributed by atoms with Crippen LogP contribution in [0.1, 0.15) is 31.4 Å². The summed E-state index contributed by atoms with van der Waals surface area (Å²) in [6.45, 7) is 3.37. The SMILES string of the molecule is C[C@]12O[C@](C)(C[C@@H]1N)[C@H]1C(=O)N(c3ccc(C#N)c(C(F)(F)F)c3)C(=O)[C@H]12. The quantitative estimate of drug-likeness (QED) is 0.753. The van der Waals surface area contributed by atoms with E-state index in [0.29, 0.717) is 12.5 Å². The first kappa shape index (κ1) is 17.9. The van der Waals surface area contributed by atoms with Gasteiger partial charge >= 0.3 is 6.18 Å². The molecule has 3 aliphatic heterocycles. The van der Waals surface area contributed by atoms with E-state index in [1.54, 1.807) is 13.8 Å². The molecule has 0 radical (unpaired) electrons. The number of nitrogens with zero attached hydrogens (tertiary/aromatic N) is 2. The van der Waals surface area contributed by atoms with Gasteiger partial charge in [0.25, 0.3) is 0 Å². The zero-order valence-electron chi connectivity index (χ0n) is 14.5. The smallest absolute Gasteiger partial charge is 0.366 e. The summed E-state index contributed by atoms with van der Waals surface area (Å²) in [7, 11) is 0. The highest BCUT2D eigenvalue weighted by molar-refractivity contribution is 6.23. The Balaban J connectivity index is 1.81. The van der Waals surface area contributed by atoms with Gasteiger partial charge in [0.1, 0.15) is 0 Å². The Morgan fingerprint density at radius 2 is 1.89 bits per heavy atom. The molecule has 0 unspecified atom stereocenters. The van der Waals surface area contributed by atoms with Crippen molar-refractivity contribution in [2.24, 2.45) is 17.6 Å². The minimum absolute atomic E-state index is 0.203. The van der Waals surface area contributed by atoms with E-state index in [1.165, 1.54) is 12.1 Å².